The summed E-state index contributed by atoms with van der Waals surface area (Å²) < 4.78 is 40.1. The van der Waals surface area contributed by atoms with Gasteiger partial charge in [0.1, 0.15) is 11.9 Å². The van der Waals surface area contributed by atoms with Gasteiger partial charge in [-0.1, -0.05) is 30.6 Å². The van der Waals surface area contributed by atoms with Gasteiger partial charge in [-0.2, -0.15) is 4.31 Å². The van der Waals surface area contributed by atoms with Crippen LogP contribution >= 0.6 is 11.3 Å². The van der Waals surface area contributed by atoms with Gasteiger partial charge in [0.2, 0.25) is 10.0 Å². The molecular weight excluding hydrogens is 510 g/mol. The number of carbonyl (C=O) groups excluding carboxylic acids is 1. The van der Waals surface area contributed by atoms with Crippen LogP contribution in [0.4, 0.5) is 0 Å². The van der Waals surface area contributed by atoms with Crippen LogP contribution in [0.5, 0.6) is 10.9 Å². The lowest BCUT2D eigenvalue weighted by Crippen LogP contribution is -2.41. The summed E-state index contributed by atoms with van der Waals surface area (Å²) in [6.45, 7) is 1.15. The molecule has 0 spiro atoms. The fourth-order valence-electron chi connectivity index (χ4n) is 5.14. The van der Waals surface area contributed by atoms with Crippen molar-refractivity contribution in [2.75, 3.05) is 27.2 Å². The van der Waals surface area contributed by atoms with E-state index in [0.29, 0.717) is 36.7 Å². The van der Waals surface area contributed by atoms with Crippen LogP contribution in [0.1, 0.15) is 55.3 Å². The van der Waals surface area contributed by atoms with Gasteiger partial charge >= 0.3 is 0 Å². The molecule has 0 N–H and O–H groups in total. The van der Waals surface area contributed by atoms with Crippen LogP contribution in [0, 0.1) is 0 Å². The quantitative estimate of drug-likeness (QED) is 0.419. The van der Waals surface area contributed by atoms with E-state index in [1.54, 1.807) is 43.3 Å². The Morgan fingerprint density at radius 2 is 1.73 bits per heavy atom. The van der Waals surface area contributed by atoms with Crippen LogP contribution in [0.15, 0.2) is 47.4 Å². The lowest BCUT2D eigenvalue weighted by molar-refractivity contribution is 0.0595. The van der Waals surface area contributed by atoms with Gasteiger partial charge in [-0.05, 0) is 49.2 Å². The predicted octanol–water partition coefficient (Wildman–Crippen LogP) is 4.94. The number of hydrogen-bond acceptors (Lipinski definition) is 7. The molecule has 37 heavy (non-hydrogen) atoms. The highest BCUT2D eigenvalue weighted by atomic mass is 32.2. The fourth-order valence-corrected chi connectivity index (χ4v) is 7.42. The highest BCUT2D eigenvalue weighted by Crippen LogP contribution is 2.32. The number of sulfonamides is 1. The number of methoxy groups -OCH3 is 1. The first kappa shape index (κ1) is 25.9. The standard InChI is InChI=1S/C27H33N3O5S2/c1-29(20-6-4-3-5-7-20)37(32,33)23-11-8-19(9-12-23)26(31)30-16-14-21(15-17-30)35-27-28-24-18-22(34-2)10-13-25(24)36-27/h8-13,18,20-21H,3-7,14-17H2,1-2H3. The van der Waals surface area contributed by atoms with Crippen molar-refractivity contribution in [3.63, 3.8) is 0 Å². The van der Waals surface area contributed by atoms with Crippen molar-refractivity contribution in [2.24, 2.45) is 0 Å². The summed E-state index contributed by atoms with van der Waals surface area (Å²) in [5.74, 6) is 0.674. The highest BCUT2D eigenvalue weighted by Gasteiger charge is 2.30. The molecule has 1 aliphatic heterocycles. The molecule has 3 aromatic rings. The number of carbonyl (C=O) groups is 1. The normalized spacial score (nSPS) is 17.9. The zero-order chi connectivity index (χ0) is 26.0. The van der Waals surface area contributed by atoms with Crippen molar-refractivity contribution in [3.05, 3.63) is 48.0 Å². The Bertz CT molecular complexity index is 1340. The second-order valence-corrected chi connectivity index (χ2v) is 12.8. The van der Waals surface area contributed by atoms with Crippen LogP contribution in [-0.2, 0) is 10.0 Å². The van der Waals surface area contributed by atoms with Gasteiger partial charge in [0.25, 0.3) is 11.1 Å². The number of piperidine rings is 1. The molecule has 5 rings (SSSR count). The fraction of sp³-hybridized carbons (Fsp3) is 0.481. The molecule has 0 radical (unpaired) electrons. The molecule has 10 heteroatoms. The number of rotatable bonds is 7. The van der Waals surface area contributed by atoms with Crippen molar-refractivity contribution in [2.45, 2.75) is 62.0 Å². The van der Waals surface area contributed by atoms with E-state index < -0.39 is 10.0 Å². The molecule has 2 fully saturated rings. The minimum atomic E-state index is -3.58. The van der Waals surface area contributed by atoms with E-state index in [1.807, 2.05) is 18.2 Å². The molecule has 1 saturated heterocycles. The van der Waals surface area contributed by atoms with Crippen LogP contribution in [0.3, 0.4) is 0 Å². The summed E-state index contributed by atoms with van der Waals surface area (Å²) >= 11 is 1.51. The van der Waals surface area contributed by atoms with Gasteiger partial charge in [0.15, 0.2) is 0 Å². The van der Waals surface area contributed by atoms with E-state index >= 15 is 0 Å². The SMILES string of the molecule is COc1ccc2sc(OC3CCN(C(=O)c4ccc(S(=O)(=O)N(C)C5CCCCC5)cc4)CC3)nc2c1. The van der Waals surface area contributed by atoms with Gasteiger partial charge < -0.3 is 14.4 Å². The first-order chi connectivity index (χ1) is 17.8. The smallest absolute Gasteiger partial charge is 0.274 e. The number of amides is 1. The molecule has 1 amide bonds. The number of ether oxygens (including phenoxy) is 2. The van der Waals surface area contributed by atoms with Gasteiger partial charge in [-0.25, -0.2) is 13.4 Å². The maximum atomic E-state index is 13.1. The largest absolute Gasteiger partial charge is 0.497 e. The molecule has 0 unspecified atom stereocenters. The molecule has 2 heterocycles. The van der Waals surface area contributed by atoms with E-state index in [1.165, 1.54) is 22.1 Å². The third kappa shape index (κ3) is 5.61. The Morgan fingerprint density at radius 1 is 1.03 bits per heavy atom. The van der Waals surface area contributed by atoms with E-state index in [9.17, 15) is 13.2 Å². The van der Waals surface area contributed by atoms with Gasteiger partial charge in [-0.3, -0.25) is 4.79 Å². The minimum absolute atomic E-state index is 0.00523. The van der Waals surface area contributed by atoms with Crippen molar-refractivity contribution in [3.8, 4) is 10.9 Å². The number of hydrogen-bond donors (Lipinski definition) is 0. The monoisotopic (exact) mass is 543 g/mol. The van der Waals surface area contributed by atoms with Crippen molar-refractivity contribution in [1.82, 2.24) is 14.2 Å². The van der Waals surface area contributed by atoms with Crippen LogP contribution < -0.4 is 9.47 Å². The van der Waals surface area contributed by atoms with E-state index in [4.69, 9.17) is 9.47 Å². The molecule has 0 atom stereocenters. The Kier molecular flexibility index (Phi) is 7.69. The molecule has 8 nitrogen and oxygen atoms in total. The first-order valence-corrected chi connectivity index (χ1v) is 15.1. The van der Waals surface area contributed by atoms with Crippen molar-refractivity contribution >= 4 is 37.5 Å². The maximum Gasteiger partial charge on any atom is 0.274 e. The predicted molar refractivity (Wildman–Crippen MR) is 144 cm³/mol. The lowest BCUT2D eigenvalue weighted by Gasteiger charge is -2.32. The Labute approximate surface area is 222 Å². The Hall–Kier alpha value is -2.69. The van der Waals surface area contributed by atoms with Gasteiger partial charge in [0.05, 0.1) is 22.2 Å². The third-order valence-corrected chi connectivity index (χ3v) is 10.3. The molecule has 1 aromatic heterocycles. The summed E-state index contributed by atoms with van der Waals surface area (Å²) in [6, 6.07) is 12.2. The third-order valence-electron chi connectivity index (χ3n) is 7.44. The van der Waals surface area contributed by atoms with Crippen molar-refractivity contribution in [1.29, 1.82) is 0 Å². The Balaban J connectivity index is 1.17. The number of benzene rings is 2. The van der Waals surface area contributed by atoms with Gasteiger partial charge in [-0.15, -0.1) is 0 Å². The summed E-state index contributed by atoms with van der Waals surface area (Å²) in [7, 11) is -0.276. The van der Waals surface area contributed by atoms with Gasteiger partial charge in [0, 0.05) is 50.7 Å². The van der Waals surface area contributed by atoms with Crippen LogP contribution in [0.25, 0.3) is 10.2 Å². The zero-order valence-electron chi connectivity index (χ0n) is 21.3. The van der Waals surface area contributed by atoms with E-state index in [0.717, 1.165) is 41.6 Å². The molecular formula is C27H33N3O5S2. The molecule has 2 aliphatic rings. The second kappa shape index (κ2) is 11.0. The van der Waals surface area contributed by atoms with E-state index in [2.05, 4.69) is 4.98 Å². The Morgan fingerprint density at radius 3 is 2.41 bits per heavy atom. The summed E-state index contributed by atoms with van der Waals surface area (Å²) in [6.07, 6.45) is 6.52. The number of aromatic nitrogens is 1. The highest BCUT2D eigenvalue weighted by molar-refractivity contribution is 7.89. The number of thiazole rings is 1. The maximum absolute atomic E-state index is 13.1. The topological polar surface area (TPSA) is 89.0 Å². The summed E-state index contributed by atoms with van der Waals surface area (Å²) in [5, 5.41) is 0.628. The average Bonchev–Trinajstić information content (AvgIpc) is 3.34. The second-order valence-electron chi connectivity index (χ2n) is 9.76. The van der Waals surface area contributed by atoms with Crippen LogP contribution in [0.2, 0.25) is 0 Å². The number of fused-ring (bicyclic) bond motifs is 1. The molecule has 1 aliphatic carbocycles. The number of nitrogens with zero attached hydrogens (tertiary/aromatic N) is 3. The van der Waals surface area contributed by atoms with Crippen LogP contribution in [-0.4, -0.2) is 67.9 Å². The van der Waals surface area contributed by atoms with Crippen molar-refractivity contribution < 1.29 is 22.7 Å². The summed E-state index contributed by atoms with van der Waals surface area (Å²) in [5.41, 5.74) is 1.35. The average molecular weight is 544 g/mol. The molecule has 0 bridgehead atoms. The molecule has 198 valence electrons. The lowest BCUT2D eigenvalue weighted by atomic mass is 9.96. The minimum Gasteiger partial charge on any atom is -0.497 e. The molecule has 1 saturated carbocycles. The number of likely N-dealkylation sites (tertiary alicyclic amines) is 1. The zero-order valence-corrected chi connectivity index (χ0v) is 22.9. The van der Waals surface area contributed by atoms with E-state index in [-0.39, 0.29) is 22.9 Å². The summed E-state index contributed by atoms with van der Waals surface area (Å²) in [4.78, 5) is 19.7. The molecule has 2 aromatic carbocycles. The first-order valence-electron chi connectivity index (χ1n) is 12.8.